The van der Waals surface area contributed by atoms with Crippen molar-refractivity contribution in [2.24, 2.45) is 0 Å². The van der Waals surface area contributed by atoms with Crippen molar-refractivity contribution in [2.45, 2.75) is 5.03 Å². The first-order valence-electron chi connectivity index (χ1n) is 2.53. The number of hydrogen-bond acceptors (Lipinski definition) is 6. The zero-order chi connectivity index (χ0) is 7.56. The topological polar surface area (TPSA) is 90.7 Å². The van der Waals surface area contributed by atoms with Gasteiger partial charge in [0.05, 0.1) is 0 Å². The average molecular weight is 157 g/mol. The molecule has 0 aliphatic carbocycles. The third-order valence-corrected chi connectivity index (χ3v) is 1.57. The zero-order valence-corrected chi connectivity index (χ0v) is 6.22. The van der Waals surface area contributed by atoms with Gasteiger partial charge in [-0.15, -0.1) is 22.0 Å². The van der Waals surface area contributed by atoms with Crippen molar-refractivity contribution in [3.05, 3.63) is 0 Å². The van der Waals surface area contributed by atoms with Crippen LogP contribution in [-0.2, 0) is 0 Å². The summed E-state index contributed by atoms with van der Waals surface area (Å²) in [5.74, 6) is 0.440. The Labute approximate surface area is 62.2 Å². The van der Waals surface area contributed by atoms with E-state index in [2.05, 4.69) is 15.2 Å². The molecular formula is C4H7N5S. The first-order chi connectivity index (χ1) is 4.74. The molecule has 0 aliphatic rings. The van der Waals surface area contributed by atoms with Gasteiger partial charge in [-0.3, -0.25) is 0 Å². The summed E-state index contributed by atoms with van der Waals surface area (Å²) >= 11 is 1.39. The van der Waals surface area contributed by atoms with Crippen LogP contribution in [0.25, 0.3) is 0 Å². The molecule has 1 aromatic rings. The fraction of sp³-hybridized carbons (Fsp3) is 0.250. The molecule has 5 nitrogen and oxygen atoms in total. The highest BCUT2D eigenvalue weighted by Gasteiger charge is 2.00. The smallest absolute Gasteiger partial charge is 0.242 e. The molecule has 1 rings (SSSR count). The molecule has 0 spiro atoms. The summed E-state index contributed by atoms with van der Waals surface area (Å²) < 4.78 is 0. The molecule has 0 atom stereocenters. The van der Waals surface area contributed by atoms with Gasteiger partial charge in [-0.25, -0.2) is 0 Å². The van der Waals surface area contributed by atoms with Crippen molar-refractivity contribution in [3.8, 4) is 0 Å². The summed E-state index contributed by atoms with van der Waals surface area (Å²) in [5, 5.41) is 7.83. The van der Waals surface area contributed by atoms with Gasteiger partial charge < -0.3 is 11.5 Å². The number of anilines is 2. The van der Waals surface area contributed by atoms with Crippen LogP contribution in [0.3, 0.4) is 0 Å². The average Bonchev–Trinajstić information content (AvgIpc) is 1.88. The standard InChI is InChI=1S/C4H7N5S/c1-10-3-2(5)7-4(6)9-8-3/h1H3,(H4,5,6,7,9). The highest BCUT2D eigenvalue weighted by molar-refractivity contribution is 7.98. The van der Waals surface area contributed by atoms with Crippen LogP contribution in [0.15, 0.2) is 5.03 Å². The van der Waals surface area contributed by atoms with E-state index in [1.807, 2.05) is 6.26 Å². The van der Waals surface area contributed by atoms with E-state index in [9.17, 15) is 0 Å². The van der Waals surface area contributed by atoms with Gasteiger partial charge in [0.25, 0.3) is 0 Å². The van der Waals surface area contributed by atoms with Crippen LogP contribution in [-0.4, -0.2) is 21.4 Å². The molecule has 54 valence electrons. The van der Waals surface area contributed by atoms with Crippen molar-refractivity contribution in [1.29, 1.82) is 0 Å². The number of hydrogen-bond donors (Lipinski definition) is 2. The lowest BCUT2D eigenvalue weighted by molar-refractivity contribution is 0.902. The third kappa shape index (κ3) is 1.27. The second-order valence-electron chi connectivity index (χ2n) is 1.56. The van der Waals surface area contributed by atoms with Gasteiger partial charge in [-0.2, -0.15) is 4.98 Å². The number of rotatable bonds is 1. The second kappa shape index (κ2) is 2.70. The molecule has 0 saturated heterocycles. The molecule has 0 radical (unpaired) electrons. The summed E-state index contributed by atoms with van der Waals surface area (Å²) in [6.45, 7) is 0. The molecule has 0 aromatic carbocycles. The molecule has 1 aromatic heterocycles. The quantitative estimate of drug-likeness (QED) is 0.546. The zero-order valence-electron chi connectivity index (χ0n) is 5.40. The Hall–Kier alpha value is -1.04. The molecule has 0 aliphatic heterocycles. The molecule has 0 amide bonds. The van der Waals surface area contributed by atoms with Gasteiger partial charge in [0.2, 0.25) is 5.95 Å². The van der Waals surface area contributed by atoms with E-state index in [0.717, 1.165) is 0 Å². The summed E-state index contributed by atoms with van der Waals surface area (Å²) in [6.07, 6.45) is 1.85. The van der Waals surface area contributed by atoms with E-state index in [1.165, 1.54) is 11.8 Å². The first kappa shape index (κ1) is 7.07. The number of nitrogens with zero attached hydrogens (tertiary/aromatic N) is 3. The van der Waals surface area contributed by atoms with Crippen LogP contribution in [0.2, 0.25) is 0 Å². The fourth-order valence-electron chi connectivity index (χ4n) is 0.487. The predicted octanol–water partition coefficient (Wildman–Crippen LogP) is -0.242. The lowest BCUT2D eigenvalue weighted by Gasteiger charge is -1.97. The number of nitrogens with two attached hydrogens (primary N) is 2. The Kier molecular flexibility index (Phi) is 1.91. The second-order valence-corrected chi connectivity index (χ2v) is 2.36. The van der Waals surface area contributed by atoms with Crippen molar-refractivity contribution < 1.29 is 0 Å². The van der Waals surface area contributed by atoms with Gasteiger partial charge in [0, 0.05) is 0 Å². The van der Waals surface area contributed by atoms with E-state index in [4.69, 9.17) is 11.5 Å². The minimum Gasteiger partial charge on any atom is -0.381 e. The van der Waals surface area contributed by atoms with Crippen LogP contribution in [0, 0.1) is 0 Å². The van der Waals surface area contributed by atoms with E-state index >= 15 is 0 Å². The van der Waals surface area contributed by atoms with Crippen molar-refractivity contribution >= 4 is 23.5 Å². The molecule has 0 saturated carbocycles. The van der Waals surface area contributed by atoms with Gasteiger partial charge in [-0.1, -0.05) is 0 Å². The van der Waals surface area contributed by atoms with E-state index in [-0.39, 0.29) is 5.95 Å². The van der Waals surface area contributed by atoms with Crippen LogP contribution >= 0.6 is 11.8 Å². The van der Waals surface area contributed by atoms with Gasteiger partial charge in [0.15, 0.2) is 10.8 Å². The Morgan fingerprint density at radius 3 is 2.50 bits per heavy atom. The molecule has 0 fully saturated rings. The predicted molar refractivity (Wildman–Crippen MR) is 40.4 cm³/mol. The van der Waals surface area contributed by atoms with Crippen molar-refractivity contribution in [1.82, 2.24) is 15.2 Å². The van der Waals surface area contributed by atoms with Crippen molar-refractivity contribution in [3.63, 3.8) is 0 Å². The molecule has 6 heteroatoms. The highest BCUT2D eigenvalue weighted by Crippen LogP contribution is 2.15. The normalized spacial score (nSPS) is 9.70. The summed E-state index contributed by atoms with van der Waals surface area (Å²) in [7, 11) is 0. The van der Waals surface area contributed by atoms with Gasteiger partial charge in [0.1, 0.15) is 0 Å². The monoisotopic (exact) mass is 157 g/mol. The molecular weight excluding hydrogens is 150 g/mol. The Morgan fingerprint density at radius 2 is 2.00 bits per heavy atom. The molecule has 4 N–H and O–H groups in total. The summed E-state index contributed by atoms with van der Waals surface area (Å²) in [5.41, 5.74) is 10.6. The number of aromatic nitrogens is 3. The summed E-state index contributed by atoms with van der Waals surface area (Å²) in [6, 6.07) is 0. The van der Waals surface area contributed by atoms with Gasteiger partial charge >= 0.3 is 0 Å². The Balaban J connectivity index is 3.07. The lowest BCUT2D eigenvalue weighted by atomic mass is 10.7. The maximum absolute atomic E-state index is 5.42. The molecule has 10 heavy (non-hydrogen) atoms. The number of nitrogen functional groups attached to an aromatic ring is 2. The van der Waals surface area contributed by atoms with Crippen molar-refractivity contribution in [2.75, 3.05) is 17.7 Å². The molecule has 0 bridgehead atoms. The maximum Gasteiger partial charge on any atom is 0.242 e. The fourth-order valence-corrected chi connectivity index (χ4v) is 0.864. The largest absolute Gasteiger partial charge is 0.381 e. The minimum atomic E-state index is 0.107. The molecule has 1 heterocycles. The van der Waals surface area contributed by atoms with Crippen LogP contribution < -0.4 is 11.5 Å². The minimum absolute atomic E-state index is 0.107. The number of thioether (sulfide) groups is 1. The lowest BCUT2D eigenvalue weighted by Crippen LogP contribution is -2.03. The van der Waals surface area contributed by atoms with Gasteiger partial charge in [-0.05, 0) is 6.26 Å². The van der Waals surface area contributed by atoms with E-state index in [1.54, 1.807) is 0 Å². The third-order valence-electron chi connectivity index (χ3n) is 0.891. The van der Waals surface area contributed by atoms with Crippen LogP contribution in [0.1, 0.15) is 0 Å². The Morgan fingerprint density at radius 1 is 1.30 bits per heavy atom. The van der Waals surface area contributed by atoms with Crippen LogP contribution in [0.4, 0.5) is 11.8 Å². The highest BCUT2D eigenvalue weighted by atomic mass is 32.2. The van der Waals surface area contributed by atoms with E-state index in [0.29, 0.717) is 10.8 Å². The first-order valence-corrected chi connectivity index (χ1v) is 3.76. The Bertz CT molecular complexity index is 237. The van der Waals surface area contributed by atoms with E-state index < -0.39 is 0 Å². The SMILES string of the molecule is CSc1nnc(N)nc1N. The summed E-state index contributed by atoms with van der Waals surface area (Å²) in [4.78, 5) is 3.71. The van der Waals surface area contributed by atoms with Crippen LogP contribution in [0.5, 0.6) is 0 Å². The molecule has 0 unspecified atom stereocenters. The maximum atomic E-state index is 5.42.